The highest BCUT2D eigenvalue weighted by atomic mass is 31.2. The van der Waals surface area contributed by atoms with Gasteiger partial charge in [-0.1, -0.05) is 172 Å². The van der Waals surface area contributed by atoms with Crippen molar-refractivity contribution in [2.75, 3.05) is 54.1 Å². The van der Waals surface area contributed by atoms with Crippen LogP contribution in [0.1, 0.15) is 206 Å². The lowest BCUT2D eigenvalue weighted by atomic mass is 10.0. The largest absolute Gasteiger partial charge is 0.756 e. The van der Waals surface area contributed by atoms with E-state index < -0.39 is 13.9 Å². The van der Waals surface area contributed by atoms with Crippen LogP contribution in [0.2, 0.25) is 0 Å². The first kappa shape index (κ1) is 55.7. The highest BCUT2D eigenvalue weighted by Gasteiger charge is 2.20. The lowest BCUT2D eigenvalue weighted by Crippen LogP contribution is -2.37. The first-order valence-electron chi connectivity index (χ1n) is 23.7. The van der Waals surface area contributed by atoms with E-state index in [1.165, 1.54) is 148 Å². The molecule has 0 saturated carbocycles. The number of ether oxygens (including phenoxy) is 2. The SMILES string of the molecule is CCCC/C=C\CCCCCCCCOCC(COP(=O)([O-])OCC[N+](C)(C)C)OC(=O)CCCCCCCCCCCCC/C=C\C/C=C\CCCCCCC. The quantitative estimate of drug-likeness (QED) is 0.0198. The second-order valence-corrected chi connectivity index (χ2v) is 18.5. The molecule has 0 fully saturated rings. The molecule has 0 saturated heterocycles. The Labute approximate surface area is 353 Å². The fourth-order valence-corrected chi connectivity index (χ4v) is 7.17. The number of phosphoric acid groups is 1. The smallest absolute Gasteiger partial charge is 0.306 e. The second-order valence-electron chi connectivity index (χ2n) is 17.1. The molecule has 0 N–H and O–H groups in total. The van der Waals surface area contributed by atoms with Gasteiger partial charge in [0.2, 0.25) is 0 Å². The van der Waals surface area contributed by atoms with Crippen molar-refractivity contribution in [1.82, 2.24) is 0 Å². The summed E-state index contributed by atoms with van der Waals surface area (Å²) in [5.74, 6) is -0.338. The number of nitrogens with zero attached hydrogens (tertiary/aromatic N) is 1. The van der Waals surface area contributed by atoms with Crippen LogP contribution < -0.4 is 4.89 Å². The molecule has 0 aliphatic rings. The summed E-state index contributed by atoms with van der Waals surface area (Å²) in [7, 11) is 1.35. The van der Waals surface area contributed by atoms with Gasteiger partial charge in [0.25, 0.3) is 7.82 Å². The predicted octanol–water partition coefficient (Wildman–Crippen LogP) is 13.5. The Hall–Kier alpha value is -1.28. The standard InChI is InChI=1S/C48H92NO7P/c1-6-8-10-12-14-16-18-20-21-22-23-24-25-26-27-28-29-30-31-33-35-37-39-41-48(50)56-47(46-55-57(51,52)54-44-42-49(3,4)5)45-53-43-40-38-36-34-32-19-17-15-13-11-9-7-2/h13,15,18,20,22-23,47H,6-12,14,16-17,19,21,24-46H2,1-5H3/b15-13-,20-18-,23-22-. The topological polar surface area (TPSA) is 94.1 Å². The van der Waals surface area contributed by atoms with E-state index in [9.17, 15) is 14.3 Å². The van der Waals surface area contributed by atoms with Crippen LogP contribution in [0.15, 0.2) is 36.5 Å². The Balaban J connectivity index is 4.12. The summed E-state index contributed by atoms with van der Waals surface area (Å²) in [5, 5.41) is 0. The monoisotopic (exact) mass is 826 g/mol. The minimum atomic E-state index is -4.53. The van der Waals surface area contributed by atoms with Crippen molar-refractivity contribution in [3.63, 3.8) is 0 Å². The van der Waals surface area contributed by atoms with Gasteiger partial charge >= 0.3 is 5.97 Å². The zero-order chi connectivity index (χ0) is 42.0. The van der Waals surface area contributed by atoms with Crippen LogP contribution in [0.4, 0.5) is 0 Å². The Morgan fingerprint density at radius 1 is 0.544 bits per heavy atom. The maximum absolute atomic E-state index is 12.7. The number of esters is 1. The number of allylic oxidation sites excluding steroid dienone is 6. The molecule has 2 unspecified atom stereocenters. The van der Waals surface area contributed by atoms with Crippen LogP contribution in [0.5, 0.6) is 0 Å². The molecule has 0 heterocycles. The normalized spacial score (nSPS) is 14.0. The molecule has 336 valence electrons. The van der Waals surface area contributed by atoms with E-state index in [-0.39, 0.29) is 25.8 Å². The molecule has 8 nitrogen and oxygen atoms in total. The van der Waals surface area contributed by atoms with Gasteiger partial charge in [-0.3, -0.25) is 9.36 Å². The molecule has 0 aromatic rings. The Bertz CT molecular complexity index is 1010. The molecule has 0 spiro atoms. The first-order valence-corrected chi connectivity index (χ1v) is 25.2. The zero-order valence-corrected chi connectivity index (χ0v) is 38.9. The first-order chi connectivity index (χ1) is 27.6. The van der Waals surface area contributed by atoms with Crippen molar-refractivity contribution in [1.29, 1.82) is 0 Å². The Kier molecular flexibility index (Phi) is 40.5. The van der Waals surface area contributed by atoms with Crippen LogP contribution in [-0.4, -0.2) is 70.7 Å². The van der Waals surface area contributed by atoms with Crippen molar-refractivity contribution >= 4 is 13.8 Å². The number of carbonyl (C=O) groups excluding carboxylic acids is 1. The Morgan fingerprint density at radius 3 is 1.49 bits per heavy atom. The average Bonchev–Trinajstić information content (AvgIpc) is 3.16. The fourth-order valence-electron chi connectivity index (χ4n) is 6.44. The summed E-state index contributed by atoms with van der Waals surface area (Å²) in [4.78, 5) is 25.1. The molecule has 57 heavy (non-hydrogen) atoms. The minimum absolute atomic E-state index is 0.0247. The van der Waals surface area contributed by atoms with Gasteiger partial charge < -0.3 is 27.9 Å². The van der Waals surface area contributed by atoms with Crippen LogP contribution >= 0.6 is 7.82 Å². The second kappa shape index (κ2) is 41.5. The van der Waals surface area contributed by atoms with Crippen LogP contribution in [0.3, 0.4) is 0 Å². The highest BCUT2D eigenvalue weighted by molar-refractivity contribution is 7.45. The van der Waals surface area contributed by atoms with Gasteiger partial charge in [-0.25, -0.2) is 0 Å². The minimum Gasteiger partial charge on any atom is -0.756 e. The summed E-state index contributed by atoms with van der Waals surface area (Å²) in [6.45, 7) is 5.37. The number of hydrogen-bond acceptors (Lipinski definition) is 7. The molecule has 2 atom stereocenters. The summed E-state index contributed by atoms with van der Waals surface area (Å²) in [5.41, 5.74) is 0. The lowest BCUT2D eigenvalue weighted by Gasteiger charge is -2.28. The van der Waals surface area contributed by atoms with E-state index >= 15 is 0 Å². The molecule has 0 radical (unpaired) electrons. The maximum atomic E-state index is 12.7. The molecule has 0 aliphatic heterocycles. The van der Waals surface area contributed by atoms with Gasteiger partial charge in [0.05, 0.1) is 34.4 Å². The van der Waals surface area contributed by atoms with Crippen molar-refractivity contribution in [3.8, 4) is 0 Å². The summed E-state index contributed by atoms with van der Waals surface area (Å²) in [6.07, 6.45) is 48.7. The molecular formula is C48H92NO7P. The van der Waals surface area contributed by atoms with E-state index in [0.717, 1.165) is 38.5 Å². The lowest BCUT2D eigenvalue weighted by molar-refractivity contribution is -0.870. The molecule has 0 bridgehead atoms. The van der Waals surface area contributed by atoms with Crippen LogP contribution in [0, 0.1) is 0 Å². The third kappa shape index (κ3) is 45.7. The zero-order valence-electron chi connectivity index (χ0n) is 38.0. The molecular weight excluding hydrogens is 734 g/mol. The third-order valence-electron chi connectivity index (χ3n) is 10.2. The van der Waals surface area contributed by atoms with E-state index in [2.05, 4.69) is 50.3 Å². The molecule has 9 heteroatoms. The summed E-state index contributed by atoms with van der Waals surface area (Å²) in [6, 6.07) is 0. The third-order valence-corrected chi connectivity index (χ3v) is 11.1. The predicted molar refractivity (Wildman–Crippen MR) is 240 cm³/mol. The van der Waals surface area contributed by atoms with E-state index in [4.69, 9.17) is 18.5 Å². The van der Waals surface area contributed by atoms with Crippen molar-refractivity contribution in [2.24, 2.45) is 0 Å². The number of quaternary nitrogens is 1. The van der Waals surface area contributed by atoms with Crippen molar-refractivity contribution in [3.05, 3.63) is 36.5 Å². The summed E-state index contributed by atoms with van der Waals surface area (Å²) < 4.78 is 34.6. The van der Waals surface area contributed by atoms with Gasteiger partial charge in [-0.05, 0) is 64.2 Å². The van der Waals surface area contributed by atoms with E-state index in [0.29, 0.717) is 24.1 Å². The Morgan fingerprint density at radius 2 is 0.982 bits per heavy atom. The average molecular weight is 826 g/mol. The highest BCUT2D eigenvalue weighted by Crippen LogP contribution is 2.38. The van der Waals surface area contributed by atoms with Crippen LogP contribution in [-0.2, 0) is 27.9 Å². The van der Waals surface area contributed by atoms with Crippen LogP contribution in [0.25, 0.3) is 0 Å². The number of unbranched alkanes of at least 4 members (excludes halogenated alkanes) is 24. The van der Waals surface area contributed by atoms with Gasteiger partial charge in [-0.2, -0.15) is 0 Å². The number of phosphoric ester groups is 1. The van der Waals surface area contributed by atoms with E-state index in [1.54, 1.807) is 0 Å². The molecule has 0 aliphatic carbocycles. The number of likely N-dealkylation sites (N-methyl/N-ethyl adjacent to an activating group) is 1. The fraction of sp³-hybridized carbons (Fsp3) is 0.854. The van der Waals surface area contributed by atoms with Gasteiger partial charge in [0.1, 0.15) is 19.3 Å². The van der Waals surface area contributed by atoms with Gasteiger partial charge in [0, 0.05) is 13.0 Å². The molecule has 0 rings (SSSR count). The van der Waals surface area contributed by atoms with E-state index in [1.807, 2.05) is 21.1 Å². The molecule has 0 aromatic carbocycles. The van der Waals surface area contributed by atoms with Gasteiger partial charge in [-0.15, -0.1) is 0 Å². The number of hydrogen-bond donors (Lipinski definition) is 0. The van der Waals surface area contributed by atoms with Gasteiger partial charge in [0.15, 0.2) is 0 Å². The molecule has 0 aromatic heterocycles. The van der Waals surface area contributed by atoms with Crippen molar-refractivity contribution in [2.45, 2.75) is 213 Å². The molecule has 0 amide bonds. The number of carbonyl (C=O) groups is 1. The summed E-state index contributed by atoms with van der Waals surface area (Å²) >= 11 is 0. The number of rotatable bonds is 44. The maximum Gasteiger partial charge on any atom is 0.306 e. The van der Waals surface area contributed by atoms with Crippen molar-refractivity contribution < 1.29 is 37.3 Å².